The van der Waals surface area contributed by atoms with Crippen molar-refractivity contribution >= 4 is 16.0 Å². The van der Waals surface area contributed by atoms with E-state index in [4.69, 9.17) is 4.55 Å². The lowest BCUT2D eigenvalue weighted by atomic mass is 10.3. The van der Waals surface area contributed by atoms with E-state index in [0.717, 1.165) is 0 Å². The molecule has 0 saturated carbocycles. The monoisotopic (exact) mass is 233 g/mol. The van der Waals surface area contributed by atoms with Crippen LogP contribution in [0.5, 0.6) is 0 Å². The van der Waals surface area contributed by atoms with Crippen LogP contribution < -0.4 is 9.95 Å². The summed E-state index contributed by atoms with van der Waals surface area (Å²) in [5, 5.41) is 9.55. The Morgan fingerprint density at radius 2 is 1.87 bits per heavy atom. The van der Waals surface area contributed by atoms with Gasteiger partial charge in [-0.25, -0.2) is 10.1 Å². The third kappa shape index (κ3) is 3.50. The fourth-order valence-electron chi connectivity index (χ4n) is 0.859. The fraction of sp³-hybridized carbons (Fsp3) is 0. The number of nitrogens with one attached hydrogen (secondary N) is 1. The molecule has 0 aliphatic rings. The zero-order valence-electron chi connectivity index (χ0n) is 7.27. The van der Waals surface area contributed by atoms with Crippen LogP contribution in [-0.2, 0) is 10.3 Å². The summed E-state index contributed by atoms with van der Waals surface area (Å²) >= 11 is 0. The van der Waals surface area contributed by atoms with Crippen LogP contribution in [0.4, 0.5) is 5.69 Å². The molecule has 0 bridgehead atoms. The highest BCUT2D eigenvalue weighted by atomic mass is 32.2. The lowest BCUT2D eigenvalue weighted by Crippen LogP contribution is -2.45. The topological polar surface area (TPSA) is 113 Å². The van der Waals surface area contributed by atoms with Crippen LogP contribution >= 0.6 is 0 Å². The summed E-state index contributed by atoms with van der Waals surface area (Å²) in [6.07, 6.45) is 0. The molecule has 0 atom stereocenters. The quantitative estimate of drug-likeness (QED) is 0.429. The summed E-state index contributed by atoms with van der Waals surface area (Å²) in [7, 11) is -4.68. The molecule has 15 heavy (non-hydrogen) atoms. The Hall–Kier alpha value is -1.71. The predicted octanol–water partition coefficient (Wildman–Crippen LogP) is -0.00790. The highest BCUT2D eigenvalue weighted by Crippen LogP contribution is 2.10. The summed E-state index contributed by atoms with van der Waals surface area (Å²) in [4.78, 5) is 11.8. The Labute approximate surface area is 85.1 Å². The van der Waals surface area contributed by atoms with Crippen molar-refractivity contribution in [3.63, 3.8) is 0 Å². The minimum absolute atomic E-state index is 0.0277. The zero-order chi connectivity index (χ0) is 11.5. The zero-order valence-corrected chi connectivity index (χ0v) is 8.09. The van der Waals surface area contributed by atoms with E-state index in [1.165, 1.54) is 29.1 Å². The molecule has 8 nitrogen and oxygen atoms in total. The molecular weight excluding hydrogens is 226 g/mol. The van der Waals surface area contributed by atoms with Crippen molar-refractivity contribution in [2.45, 2.75) is 0 Å². The van der Waals surface area contributed by atoms with Crippen LogP contribution in [0.3, 0.4) is 0 Å². The first-order valence-electron chi connectivity index (χ1n) is 3.64. The van der Waals surface area contributed by atoms with Gasteiger partial charge in [-0.2, -0.15) is 8.42 Å². The van der Waals surface area contributed by atoms with E-state index >= 15 is 0 Å². The van der Waals surface area contributed by atoms with Crippen LogP contribution in [0.1, 0.15) is 0 Å². The molecule has 0 aliphatic heterocycles. The van der Waals surface area contributed by atoms with Gasteiger partial charge in [-0.05, 0) is 22.1 Å². The average molecular weight is 233 g/mol. The lowest BCUT2D eigenvalue weighted by Gasteiger charge is -2.11. The molecule has 0 fully saturated rings. The Morgan fingerprint density at radius 3 is 2.27 bits per heavy atom. The first kappa shape index (κ1) is 11.4. The largest absolute Gasteiger partial charge is 0.355 e. The third-order valence-corrected chi connectivity index (χ3v) is 1.77. The number of rotatable bonds is 4. The number of nitro groups is 1. The first-order chi connectivity index (χ1) is 6.90. The van der Waals surface area contributed by atoms with E-state index in [2.05, 4.69) is 0 Å². The van der Waals surface area contributed by atoms with E-state index < -0.39 is 15.3 Å². The maximum absolute atomic E-state index is 10.5. The lowest BCUT2D eigenvalue weighted by molar-refractivity contribution is -0.500. The summed E-state index contributed by atoms with van der Waals surface area (Å²) in [6.45, 7) is 0. The van der Waals surface area contributed by atoms with Gasteiger partial charge < -0.3 is 0 Å². The number of benzene rings is 1. The van der Waals surface area contributed by atoms with E-state index in [1.54, 1.807) is 6.07 Å². The SMILES string of the molecule is O=[N+]([O-])N(NS(=O)(=O)O)c1ccccc1. The number of hydrogen-bond donors (Lipinski definition) is 2. The molecule has 0 aliphatic carbocycles. The normalized spacial score (nSPS) is 11.0. The Morgan fingerprint density at radius 1 is 1.33 bits per heavy atom. The third-order valence-electron chi connectivity index (χ3n) is 1.37. The molecule has 2 N–H and O–H groups in total. The molecule has 0 aromatic heterocycles. The first-order valence-corrected chi connectivity index (χ1v) is 5.08. The van der Waals surface area contributed by atoms with Crippen LogP contribution in [0.2, 0.25) is 0 Å². The van der Waals surface area contributed by atoms with Crippen molar-refractivity contribution in [1.29, 1.82) is 0 Å². The van der Waals surface area contributed by atoms with Gasteiger partial charge in [-0.15, -0.1) is 0 Å². The second-order valence-electron chi connectivity index (χ2n) is 2.45. The van der Waals surface area contributed by atoms with Crippen molar-refractivity contribution in [2.75, 3.05) is 5.12 Å². The molecule has 1 rings (SSSR count). The van der Waals surface area contributed by atoms with Crippen LogP contribution in [0, 0.1) is 10.1 Å². The maximum atomic E-state index is 10.5. The summed E-state index contributed by atoms with van der Waals surface area (Å²) in [6, 6.07) is 7.19. The summed E-state index contributed by atoms with van der Waals surface area (Å²) in [5.41, 5.74) is -0.0277. The molecule has 0 heterocycles. The molecule has 1 aromatic rings. The van der Waals surface area contributed by atoms with Gasteiger partial charge in [0.25, 0.3) is 0 Å². The number of nitrogens with zero attached hydrogens (tertiary/aromatic N) is 2. The van der Waals surface area contributed by atoms with Gasteiger partial charge in [0.1, 0.15) is 5.69 Å². The standard InChI is InChI=1S/C6H7N3O5S/c10-9(11)8(7-15(12,13)14)6-4-2-1-3-5-6/h1-5,7H,(H,12,13,14). The van der Waals surface area contributed by atoms with Crippen LogP contribution in [-0.4, -0.2) is 18.0 Å². The Kier molecular flexibility index (Phi) is 3.19. The molecule has 0 saturated heterocycles. The summed E-state index contributed by atoms with van der Waals surface area (Å²) < 4.78 is 29.2. The van der Waals surface area contributed by atoms with Crippen molar-refractivity contribution in [3.05, 3.63) is 40.4 Å². The van der Waals surface area contributed by atoms with Crippen molar-refractivity contribution in [1.82, 2.24) is 4.83 Å². The van der Waals surface area contributed by atoms with Gasteiger partial charge in [0.05, 0.1) is 0 Å². The number of anilines is 1. The fourth-order valence-corrected chi connectivity index (χ4v) is 1.25. The van der Waals surface area contributed by atoms with Gasteiger partial charge in [0, 0.05) is 0 Å². The molecule has 9 heteroatoms. The molecular formula is C6H7N3O5S. The van der Waals surface area contributed by atoms with E-state index in [-0.39, 0.29) is 10.8 Å². The average Bonchev–Trinajstić information content (AvgIpc) is 2.14. The van der Waals surface area contributed by atoms with Crippen LogP contribution in [0.25, 0.3) is 0 Å². The second-order valence-corrected chi connectivity index (χ2v) is 3.58. The van der Waals surface area contributed by atoms with Crippen molar-refractivity contribution in [2.24, 2.45) is 0 Å². The minimum Gasteiger partial charge on any atom is -0.272 e. The van der Waals surface area contributed by atoms with Gasteiger partial charge in [0.2, 0.25) is 0 Å². The summed E-state index contributed by atoms with van der Waals surface area (Å²) in [5.74, 6) is 0. The highest BCUT2D eigenvalue weighted by molar-refractivity contribution is 7.83. The predicted molar refractivity (Wildman–Crippen MR) is 50.6 cm³/mol. The second kappa shape index (κ2) is 4.21. The van der Waals surface area contributed by atoms with Crippen molar-refractivity contribution < 1.29 is 18.0 Å². The highest BCUT2D eigenvalue weighted by Gasteiger charge is 2.22. The molecule has 0 unspecified atom stereocenters. The van der Waals surface area contributed by atoms with Gasteiger partial charge in [-0.3, -0.25) is 4.55 Å². The van der Waals surface area contributed by atoms with E-state index in [0.29, 0.717) is 0 Å². The van der Waals surface area contributed by atoms with Crippen LogP contribution in [0.15, 0.2) is 30.3 Å². The Bertz CT molecular complexity index is 445. The van der Waals surface area contributed by atoms with Gasteiger partial charge >= 0.3 is 10.3 Å². The minimum atomic E-state index is -4.68. The van der Waals surface area contributed by atoms with Gasteiger partial charge in [0.15, 0.2) is 5.03 Å². The molecule has 1 aromatic carbocycles. The Balaban J connectivity index is 3.00. The number of hydrazine groups is 2. The molecule has 0 spiro atoms. The van der Waals surface area contributed by atoms with E-state index in [9.17, 15) is 18.5 Å². The van der Waals surface area contributed by atoms with E-state index in [1.807, 2.05) is 0 Å². The van der Waals surface area contributed by atoms with Gasteiger partial charge in [-0.1, -0.05) is 18.2 Å². The molecule has 0 radical (unpaired) electrons. The molecule has 82 valence electrons. The smallest absolute Gasteiger partial charge is 0.272 e. The molecule has 0 amide bonds. The number of hydrogen-bond acceptors (Lipinski definition) is 4. The van der Waals surface area contributed by atoms with Crippen molar-refractivity contribution in [3.8, 4) is 0 Å². The maximum Gasteiger partial charge on any atom is 0.355 e. The number of para-hydroxylation sites is 1.